The zero-order valence-electron chi connectivity index (χ0n) is 7.10. The van der Waals surface area contributed by atoms with Crippen molar-refractivity contribution in [3.8, 4) is 0 Å². The highest BCUT2D eigenvalue weighted by molar-refractivity contribution is 6.35. The average Bonchev–Trinajstić information content (AvgIpc) is 2.49. The van der Waals surface area contributed by atoms with Crippen LogP contribution in [0.4, 0.5) is 0 Å². The standard InChI is InChI=1S/C10H8ClNO/c1-6(13)10-5-7-8(11)3-2-4-9(7)12-10/h2-5,12H,1H3. The number of nitrogens with one attached hydrogen (secondary N) is 1. The maximum absolute atomic E-state index is 11.1. The molecule has 0 saturated heterocycles. The first-order chi connectivity index (χ1) is 6.18. The molecule has 0 saturated carbocycles. The molecule has 0 aliphatic carbocycles. The van der Waals surface area contributed by atoms with Crippen molar-refractivity contribution in [1.82, 2.24) is 4.98 Å². The Balaban J connectivity index is 2.75. The van der Waals surface area contributed by atoms with Crippen molar-refractivity contribution in [2.45, 2.75) is 6.92 Å². The summed E-state index contributed by atoms with van der Waals surface area (Å²) in [5.41, 5.74) is 1.50. The van der Waals surface area contributed by atoms with Crippen LogP contribution < -0.4 is 0 Å². The van der Waals surface area contributed by atoms with Gasteiger partial charge in [-0.05, 0) is 18.2 Å². The van der Waals surface area contributed by atoms with Crippen LogP contribution in [0.25, 0.3) is 10.9 Å². The molecule has 2 rings (SSSR count). The normalized spacial score (nSPS) is 10.6. The van der Waals surface area contributed by atoms with Crippen molar-refractivity contribution in [2.75, 3.05) is 0 Å². The van der Waals surface area contributed by atoms with Gasteiger partial charge in [-0.2, -0.15) is 0 Å². The average molecular weight is 194 g/mol. The van der Waals surface area contributed by atoms with E-state index in [0.29, 0.717) is 10.7 Å². The van der Waals surface area contributed by atoms with Gasteiger partial charge in [0, 0.05) is 22.8 Å². The Bertz CT molecular complexity index is 473. The van der Waals surface area contributed by atoms with Crippen LogP contribution in [0.3, 0.4) is 0 Å². The Kier molecular flexibility index (Phi) is 1.85. The summed E-state index contributed by atoms with van der Waals surface area (Å²) in [6.45, 7) is 1.53. The molecule has 13 heavy (non-hydrogen) atoms. The van der Waals surface area contributed by atoms with Gasteiger partial charge in [-0.3, -0.25) is 4.79 Å². The molecule has 0 aliphatic rings. The predicted octanol–water partition coefficient (Wildman–Crippen LogP) is 3.02. The fourth-order valence-corrected chi connectivity index (χ4v) is 1.54. The molecule has 1 aromatic heterocycles. The summed E-state index contributed by atoms with van der Waals surface area (Å²) >= 11 is 5.94. The number of fused-ring (bicyclic) bond motifs is 1. The van der Waals surface area contributed by atoms with E-state index in [2.05, 4.69) is 4.98 Å². The minimum absolute atomic E-state index is 0.0206. The number of hydrogen-bond acceptors (Lipinski definition) is 1. The fourth-order valence-electron chi connectivity index (χ4n) is 1.31. The second-order valence-electron chi connectivity index (χ2n) is 2.94. The fraction of sp³-hybridized carbons (Fsp3) is 0.100. The summed E-state index contributed by atoms with van der Waals surface area (Å²) in [5.74, 6) is 0.0206. The number of hydrogen-bond donors (Lipinski definition) is 1. The monoisotopic (exact) mass is 193 g/mol. The van der Waals surface area contributed by atoms with Crippen LogP contribution in [0.5, 0.6) is 0 Å². The topological polar surface area (TPSA) is 32.9 Å². The van der Waals surface area contributed by atoms with Gasteiger partial charge in [-0.25, -0.2) is 0 Å². The molecule has 0 fully saturated rings. The first-order valence-corrected chi connectivity index (χ1v) is 4.34. The number of aromatic amines is 1. The van der Waals surface area contributed by atoms with Crippen LogP contribution in [-0.2, 0) is 0 Å². The van der Waals surface area contributed by atoms with Crippen LogP contribution in [0.1, 0.15) is 17.4 Å². The molecule has 2 aromatic rings. The number of carbonyl (C=O) groups is 1. The summed E-state index contributed by atoms with van der Waals surface area (Å²) < 4.78 is 0. The van der Waals surface area contributed by atoms with Gasteiger partial charge in [0.25, 0.3) is 0 Å². The van der Waals surface area contributed by atoms with Crippen LogP contribution in [0.2, 0.25) is 5.02 Å². The number of rotatable bonds is 1. The van der Waals surface area contributed by atoms with Gasteiger partial charge in [-0.1, -0.05) is 17.7 Å². The zero-order chi connectivity index (χ0) is 9.42. The van der Waals surface area contributed by atoms with Gasteiger partial charge in [0.2, 0.25) is 0 Å². The van der Waals surface area contributed by atoms with E-state index in [0.717, 1.165) is 10.9 Å². The lowest BCUT2D eigenvalue weighted by Gasteiger charge is -1.89. The minimum atomic E-state index is 0.0206. The van der Waals surface area contributed by atoms with E-state index in [1.54, 1.807) is 6.07 Å². The predicted molar refractivity (Wildman–Crippen MR) is 53.3 cm³/mol. The maximum Gasteiger partial charge on any atom is 0.175 e. The van der Waals surface area contributed by atoms with Crippen LogP contribution in [0.15, 0.2) is 24.3 Å². The second kappa shape index (κ2) is 2.89. The smallest absolute Gasteiger partial charge is 0.175 e. The molecule has 2 nitrogen and oxygen atoms in total. The molecule has 3 heteroatoms. The van der Waals surface area contributed by atoms with E-state index in [9.17, 15) is 4.79 Å². The molecule has 0 amide bonds. The number of ketones is 1. The largest absolute Gasteiger partial charge is 0.352 e. The van der Waals surface area contributed by atoms with Crippen LogP contribution in [-0.4, -0.2) is 10.8 Å². The molecular weight excluding hydrogens is 186 g/mol. The Morgan fingerprint density at radius 3 is 2.85 bits per heavy atom. The van der Waals surface area contributed by atoms with E-state index in [4.69, 9.17) is 11.6 Å². The molecule has 0 aliphatic heterocycles. The number of Topliss-reactive ketones (excluding diaryl/α,β-unsaturated/α-hetero) is 1. The Labute approximate surface area is 80.5 Å². The maximum atomic E-state index is 11.1. The highest BCUT2D eigenvalue weighted by Crippen LogP contribution is 2.23. The van der Waals surface area contributed by atoms with Gasteiger partial charge < -0.3 is 4.98 Å². The number of H-pyrrole nitrogens is 1. The van der Waals surface area contributed by atoms with E-state index >= 15 is 0 Å². The lowest BCUT2D eigenvalue weighted by molar-refractivity contribution is 0.101. The van der Waals surface area contributed by atoms with Crippen molar-refractivity contribution in [2.24, 2.45) is 0 Å². The van der Waals surface area contributed by atoms with Crippen molar-refractivity contribution in [1.29, 1.82) is 0 Å². The molecule has 0 unspecified atom stereocenters. The minimum Gasteiger partial charge on any atom is -0.352 e. The van der Waals surface area contributed by atoms with Gasteiger partial charge in [0.1, 0.15) is 0 Å². The molecule has 0 radical (unpaired) electrons. The highest BCUT2D eigenvalue weighted by atomic mass is 35.5. The molecule has 0 atom stereocenters. The SMILES string of the molecule is CC(=O)c1cc2c(Cl)cccc2[nH]1. The summed E-state index contributed by atoms with van der Waals surface area (Å²) in [5, 5.41) is 1.57. The Morgan fingerprint density at radius 2 is 2.23 bits per heavy atom. The molecule has 1 heterocycles. The van der Waals surface area contributed by atoms with E-state index in [-0.39, 0.29) is 5.78 Å². The first-order valence-electron chi connectivity index (χ1n) is 3.96. The number of carbonyl (C=O) groups excluding carboxylic acids is 1. The van der Waals surface area contributed by atoms with E-state index in [1.165, 1.54) is 6.92 Å². The summed E-state index contributed by atoms with van der Waals surface area (Å²) in [6, 6.07) is 7.33. The quantitative estimate of drug-likeness (QED) is 0.694. The third-order valence-electron chi connectivity index (χ3n) is 1.99. The molecular formula is C10H8ClNO. The van der Waals surface area contributed by atoms with Gasteiger partial charge in [0.05, 0.1) is 5.69 Å². The van der Waals surface area contributed by atoms with Crippen molar-refractivity contribution in [3.63, 3.8) is 0 Å². The van der Waals surface area contributed by atoms with Crippen molar-refractivity contribution >= 4 is 28.3 Å². The van der Waals surface area contributed by atoms with Crippen LogP contribution >= 0.6 is 11.6 Å². The van der Waals surface area contributed by atoms with Gasteiger partial charge in [-0.15, -0.1) is 0 Å². The molecule has 1 aromatic carbocycles. The van der Waals surface area contributed by atoms with Crippen molar-refractivity contribution < 1.29 is 4.79 Å². The summed E-state index contributed by atoms with van der Waals surface area (Å²) in [6.07, 6.45) is 0. The van der Waals surface area contributed by atoms with Crippen LogP contribution in [0, 0.1) is 0 Å². The highest BCUT2D eigenvalue weighted by Gasteiger charge is 2.06. The second-order valence-corrected chi connectivity index (χ2v) is 3.35. The van der Waals surface area contributed by atoms with Gasteiger partial charge in [0.15, 0.2) is 5.78 Å². The number of benzene rings is 1. The molecule has 66 valence electrons. The number of halogens is 1. The van der Waals surface area contributed by atoms with E-state index in [1.807, 2.05) is 18.2 Å². The molecule has 0 spiro atoms. The first kappa shape index (κ1) is 8.32. The van der Waals surface area contributed by atoms with Gasteiger partial charge >= 0.3 is 0 Å². The zero-order valence-corrected chi connectivity index (χ0v) is 7.85. The summed E-state index contributed by atoms with van der Waals surface area (Å²) in [4.78, 5) is 14.1. The lowest BCUT2D eigenvalue weighted by Crippen LogP contribution is -1.89. The van der Waals surface area contributed by atoms with E-state index < -0.39 is 0 Å². The van der Waals surface area contributed by atoms with Crippen molar-refractivity contribution in [3.05, 3.63) is 35.0 Å². The third kappa shape index (κ3) is 1.33. The molecule has 1 N–H and O–H groups in total. The third-order valence-corrected chi connectivity index (χ3v) is 2.32. The summed E-state index contributed by atoms with van der Waals surface area (Å²) in [7, 11) is 0. The number of aromatic nitrogens is 1. The Hall–Kier alpha value is -1.28. The Morgan fingerprint density at radius 1 is 1.46 bits per heavy atom. The molecule has 0 bridgehead atoms. The lowest BCUT2D eigenvalue weighted by atomic mass is 10.2.